The fourth-order valence-electron chi connectivity index (χ4n) is 2.07. The average molecular weight is 275 g/mol. The van der Waals surface area contributed by atoms with Gasteiger partial charge in [-0.05, 0) is 12.0 Å². The first kappa shape index (κ1) is 14.2. The van der Waals surface area contributed by atoms with Crippen LogP contribution >= 0.6 is 0 Å². The number of carboxylic acids is 1. The highest BCUT2D eigenvalue weighted by Gasteiger charge is 2.20. The molecule has 1 heterocycles. The lowest BCUT2D eigenvalue weighted by Gasteiger charge is -2.12. The molecule has 2 rings (SSSR count). The normalized spacial score (nSPS) is 12.3. The van der Waals surface area contributed by atoms with Crippen molar-refractivity contribution in [1.82, 2.24) is 15.0 Å². The average Bonchev–Trinajstić information content (AvgIpc) is 2.83. The second-order valence-corrected chi connectivity index (χ2v) is 4.55. The molecular formula is C14H17N3O3. The van der Waals surface area contributed by atoms with E-state index in [1.165, 1.54) is 4.68 Å². The van der Waals surface area contributed by atoms with Crippen molar-refractivity contribution in [1.29, 1.82) is 0 Å². The maximum absolute atomic E-state index is 11.1. The second kappa shape index (κ2) is 6.29. The Kier molecular flexibility index (Phi) is 4.47. The van der Waals surface area contributed by atoms with Gasteiger partial charge < -0.3 is 10.2 Å². The maximum Gasteiger partial charge on any atom is 0.358 e. The van der Waals surface area contributed by atoms with E-state index in [-0.39, 0.29) is 12.2 Å². The first-order chi connectivity index (χ1) is 9.63. The van der Waals surface area contributed by atoms with Crippen molar-refractivity contribution in [3.8, 4) is 0 Å². The molecule has 1 unspecified atom stereocenters. The lowest BCUT2D eigenvalue weighted by Crippen LogP contribution is -2.14. The molecule has 2 N–H and O–H groups in total. The van der Waals surface area contributed by atoms with Gasteiger partial charge in [0.15, 0.2) is 5.69 Å². The number of aliphatic hydroxyl groups excluding tert-OH is 1. The summed E-state index contributed by atoms with van der Waals surface area (Å²) >= 11 is 0. The Hall–Kier alpha value is -2.21. The lowest BCUT2D eigenvalue weighted by atomic mass is 10.1. The van der Waals surface area contributed by atoms with Gasteiger partial charge in [-0.3, -0.25) is 0 Å². The van der Waals surface area contributed by atoms with Gasteiger partial charge in [-0.25, -0.2) is 9.48 Å². The van der Waals surface area contributed by atoms with Crippen molar-refractivity contribution in [2.75, 3.05) is 0 Å². The topological polar surface area (TPSA) is 88.2 Å². The SMILES string of the molecule is CCCc1c(C(=O)O)nnn1CC(O)c1ccccc1. The molecule has 1 aromatic carbocycles. The Balaban J connectivity index is 2.23. The molecule has 1 atom stereocenters. The molecule has 0 aliphatic rings. The highest BCUT2D eigenvalue weighted by atomic mass is 16.4. The van der Waals surface area contributed by atoms with E-state index in [4.69, 9.17) is 5.11 Å². The van der Waals surface area contributed by atoms with Gasteiger partial charge in [0.25, 0.3) is 0 Å². The van der Waals surface area contributed by atoms with Crippen LogP contribution < -0.4 is 0 Å². The molecule has 1 aromatic heterocycles. The third-order valence-electron chi connectivity index (χ3n) is 3.06. The largest absolute Gasteiger partial charge is 0.476 e. The van der Waals surface area contributed by atoms with E-state index >= 15 is 0 Å². The third-order valence-corrected chi connectivity index (χ3v) is 3.06. The minimum absolute atomic E-state index is 0.0351. The van der Waals surface area contributed by atoms with Gasteiger partial charge in [0.1, 0.15) is 0 Å². The number of hydrogen-bond donors (Lipinski definition) is 2. The molecule has 0 aliphatic carbocycles. The molecule has 0 bridgehead atoms. The number of benzene rings is 1. The van der Waals surface area contributed by atoms with Gasteiger partial charge in [0.05, 0.1) is 18.3 Å². The number of carboxylic acid groups (broad SMARTS) is 1. The summed E-state index contributed by atoms with van der Waals surface area (Å²) in [5.41, 5.74) is 1.28. The predicted molar refractivity (Wildman–Crippen MR) is 72.4 cm³/mol. The van der Waals surface area contributed by atoms with E-state index in [0.717, 1.165) is 12.0 Å². The van der Waals surface area contributed by atoms with Gasteiger partial charge in [-0.1, -0.05) is 48.9 Å². The van der Waals surface area contributed by atoms with E-state index < -0.39 is 12.1 Å². The van der Waals surface area contributed by atoms with Crippen molar-refractivity contribution in [2.24, 2.45) is 0 Å². The molecule has 2 aromatic rings. The number of aromatic carboxylic acids is 1. The highest BCUT2D eigenvalue weighted by molar-refractivity contribution is 5.86. The first-order valence-electron chi connectivity index (χ1n) is 6.52. The number of aliphatic hydroxyl groups is 1. The zero-order chi connectivity index (χ0) is 14.5. The van der Waals surface area contributed by atoms with Crippen LogP contribution in [0.4, 0.5) is 0 Å². The standard InChI is InChI=1S/C14H17N3O3/c1-2-6-11-13(14(19)20)15-16-17(11)9-12(18)10-7-4-3-5-8-10/h3-5,7-8,12,18H,2,6,9H2,1H3,(H,19,20). The summed E-state index contributed by atoms with van der Waals surface area (Å²) in [6, 6.07) is 9.19. The monoisotopic (exact) mass is 275 g/mol. The van der Waals surface area contributed by atoms with Crippen LogP contribution in [-0.2, 0) is 13.0 Å². The zero-order valence-corrected chi connectivity index (χ0v) is 11.2. The molecule has 20 heavy (non-hydrogen) atoms. The van der Waals surface area contributed by atoms with E-state index in [0.29, 0.717) is 12.1 Å². The lowest BCUT2D eigenvalue weighted by molar-refractivity contribution is 0.0688. The smallest absolute Gasteiger partial charge is 0.358 e. The quantitative estimate of drug-likeness (QED) is 0.837. The van der Waals surface area contributed by atoms with E-state index in [1.54, 1.807) is 0 Å². The summed E-state index contributed by atoms with van der Waals surface area (Å²) in [5.74, 6) is -1.09. The molecular weight excluding hydrogens is 258 g/mol. The fourth-order valence-corrected chi connectivity index (χ4v) is 2.07. The third kappa shape index (κ3) is 3.03. The van der Waals surface area contributed by atoms with Crippen LogP contribution in [-0.4, -0.2) is 31.2 Å². The molecule has 6 nitrogen and oxygen atoms in total. The number of nitrogens with zero attached hydrogens (tertiary/aromatic N) is 3. The Morgan fingerprint density at radius 3 is 2.65 bits per heavy atom. The van der Waals surface area contributed by atoms with Crippen molar-refractivity contribution >= 4 is 5.97 Å². The Bertz CT molecular complexity index is 581. The van der Waals surface area contributed by atoms with E-state index in [9.17, 15) is 9.90 Å². The number of hydrogen-bond acceptors (Lipinski definition) is 4. The zero-order valence-electron chi connectivity index (χ0n) is 11.2. The molecule has 0 radical (unpaired) electrons. The second-order valence-electron chi connectivity index (χ2n) is 4.55. The van der Waals surface area contributed by atoms with Crippen molar-refractivity contribution < 1.29 is 15.0 Å². The van der Waals surface area contributed by atoms with Crippen LogP contribution in [0, 0.1) is 0 Å². The van der Waals surface area contributed by atoms with Crippen LogP contribution in [0.1, 0.15) is 41.2 Å². The summed E-state index contributed by atoms with van der Waals surface area (Å²) in [5, 5.41) is 26.8. The molecule has 0 fully saturated rings. The summed E-state index contributed by atoms with van der Waals surface area (Å²) in [7, 11) is 0. The van der Waals surface area contributed by atoms with Gasteiger partial charge >= 0.3 is 5.97 Å². The van der Waals surface area contributed by atoms with E-state index in [1.807, 2.05) is 37.3 Å². The Morgan fingerprint density at radius 1 is 1.35 bits per heavy atom. The van der Waals surface area contributed by atoms with Crippen LogP contribution in [0.5, 0.6) is 0 Å². The minimum Gasteiger partial charge on any atom is -0.476 e. The molecule has 106 valence electrons. The number of rotatable bonds is 6. The van der Waals surface area contributed by atoms with Crippen molar-refractivity contribution in [3.63, 3.8) is 0 Å². The van der Waals surface area contributed by atoms with Crippen LogP contribution in [0.15, 0.2) is 30.3 Å². The fraction of sp³-hybridized carbons (Fsp3) is 0.357. The number of aromatic nitrogens is 3. The van der Waals surface area contributed by atoms with Crippen molar-refractivity contribution in [3.05, 3.63) is 47.3 Å². The molecule has 0 amide bonds. The Morgan fingerprint density at radius 2 is 2.05 bits per heavy atom. The number of carbonyl (C=O) groups is 1. The molecule has 0 aliphatic heterocycles. The summed E-state index contributed by atoms with van der Waals surface area (Å²) in [6.07, 6.45) is 0.612. The first-order valence-corrected chi connectivity index (χ1v) is 6.52. The van der Waals surface area contributed by atoms with Gasteiger partial charge in [-0.2, -0.15) is 0 Å². The minimum atomic E-state index is -1.09. The summed E-state index contributed by atoms with van der Waals surface area (Å²) in [6.45, 7) is 2.15. The summed E-state index contributed by atoms with van der Waals surface area (Å²) in [4.78, 5) is 11.1. The van der Waals surface area contributed by atoms with Gasteiger partial charge in [-0.15, -0.1) is 5.10 Å². The van der Waals surface area contributed by atoms with Crippen LogP contribution in [0.25, 0.3) is 0 Å². The molecule has 0 saturated heterocycles. The van der Waals surface area contributed by atoms with Gasteiger partial charge in [0.2, 0.25) is 0 Å². The van der Waals surface area contributed by atoms with Crippen LogP contribution in [0.2, 0.25) is 0 Å². The van der Waals surface area contributed by atoms with Crippen molar-refractivity contribution in [2.45, 2.75) is 32.4 Å². The molecule has 6 heteroatoms. The van der Waals surface area contributed by atoms with Crippen LogP contribution in [0.3, 0.4) is 0 Å². The summed E-state index contributed by atoms with van der Waals surface area (Å²) < 4.78 is 1.48. The Labute approximate surface area is 116 Å². The molecule has 0 spiro atoms. The molecule has 0 saturated carbocycles. The highest BCUT2D eigenvalue weighted by Crippen LogP contribution is 2.17. The predicted octanol–water partition coefficient (Wildman–Crippen LogP) is 1.66. The van der Waals surface area contributed by atoms with E-state index in [2.05, 4.69) is 10.3 Å². The maximum atomic E-state index is 11.1. The van der Waals surface area contributed by atoms with Gasteiger partial charge in [0, 0.05) is 0 Å².